The van der Waals surface area contributed by atoms with Gasteiger partial charge in [0.2, 0.25) is 5.56 Å². The predicted octanol–water partition coefficient (Wildman–Crippen LogP) is 1.70. The van der Waals surface area contributed by atoms with Crippen LogP contribution in [0.1, 0.15) is 34.7 Å². The van der Waals surface area contributed by atoms with Crippen molar-refractivity contribution in [3.63, 3.8) is 0 Å². The number of H-pyrrole nitrogens is 1. The van der Waals surface area contributed by atoms with Crippen molar-refractivity contribution in [3.05, 3.63) is 57.8 Å². The Morgan fingerprint density at radius 2 is 2.05 bits per heavy atom. The van der Waals surface area contributed by atoms with Crippen molar-refractivity contribution in [2.45, 2.75) is 26.4 Å². The Kier molecular flexibility index (Phi) is 2.97. The highest BCUT2D eigenvalue weighted by Gasteiger charge is 2.28. The molecule has 0 saturated heterocycles. The predicted molar refractivity (Wildman–Crippen MR) is 75.7 cm³/mol. The molecule has 0 aliphatic carbocycles. The van der Waals surface area contributed by atoms with Crippen molar-refractivity contribution in [2.24, 2.45) is 0 Å². The number of nitrogens with one attached hydrogen (secondary N) is 1. The molecule has 3 rings (SSSR count). The van der Waals surface area contributed by atoms with Gasteiger partial charge in [0, 0.05) is 36.7 Å². The fourth-order valence-electron chi connectivity index (χ4n) is 2.81. The fraction of sp³-hybridized carbons (Fsp3) is 0.333. The molecule has 1 aliphatic rings. The van der Waals surface area contributed by atoms with Crippen molar-refractivity contribution in [3.8, 4) is 0 Å². The molecule has 5 nitrogen and oxygen atoms in total. The van der Waals surface area contributed by atoms with Crippen LogP contribution in [0, 0.1) is 6.92 Å². The zero-order valence-electron chi connectivity index (χ0n) is 11.6. The van der Waals surface area contributed by atoms with E-state index in [2.05, 4.69) is 28.6 Å². The molecule has 2 aromatic heterocycles. The zero-order valence-corrected chi connectivity index (χ0v) is 11.6. The zero-order chi connectivity index (χ0) is 14.3. The summed E-state index contributed by atoms with van der Waals surface area (Å²) in [6.45, 7) is 5.61. The molecule has 0 bridgehead atoms. The normalized spacial score (nSPS) is 17.9. The minimum atomic E-state index is -0.197. The highest BCUT2D eigenvalue weighted by Crippen LogP contribution is 2.28. The molecule has 1 N–H and O–H groups in total. The SMILES string of the molecule is Cc1ccc2n1CCN(C(=O)c1ccc(=O)[nH]c1)C2C. The molecule has 1 amide bonds. The third kappa shape index (κ3) is 1.95. The van der Waals surface area contributed by atoms with Crippen LogP contribution in [-0.4, -0.2) is 26.9 Å². The molecule has 0 radical (unpaired) electrons. The van der Waals surface area contributed by atoms with E-state index in [-0.39, 0.29) is 17.5 Å². The van der Waals surface area contributed by atoms with Gasteiger partial charge in [-0.05, 0) is 32.0 Å². The fourth-order valence-corrected chi connectivity index (χ4v) is 2.81. The first-order chi connectivity index (χ1) is 9.58. The van der Waals surface area contributed by atoms with E-state index in [0.717, 1.165) is 12.2 Å². The van der Waals surface area contributed by atoms with Crippen LogP contribution in [0.4, 0.5) is 0 Å². The summed E-state index contributed by atoms with van der Waals surface area (Å²) in [6, 6.07) is 7.16. The molecule has 1 aliphatic heterocycles. The van der Waals surface area contributed by atoms with Gasteiger partial charge in [-0.2, -0.15) is 0 Å². The first-order valence-electron chi connectivity index (χ1n) is 6.73. The molecular formula is C15H17N3O2. The van der Waals surface area contributed by atoms with Crippen molar-refractivity contribution in [1.29, 1.82) is 0 Å². The number of rotatable bonds is 1. The Morgan fingerprint density at radius 1 is 1.25 bits per heavy atom. The topological polar surface area (TPSA) is 58.1 Å². The maximum absolute atomic E-state index is 12.5. The lowest BCUT2D eigenvalue weighted by Crippen LogP contribution is -2.41. The molecule has 0 aromatic carbocycles. The lowest BCUT2D eigenvalue weighted by atomic mass is 10.1. The molecule has 0 spiro atoms. The second-order valence-electron chi connectivity index (χ2n) is 5.17. The summed E-state index contributed by atoms with van der Waals surface area (Å²) >= 11 is 0. The summed E-state index contributed by atoms with van der Waals surface area (Å²) in [4.78, 5) is 28.0. The van der Waals surface area contributed by atoms with E-state index in [9.17, 15) is 9.59 Å². The number of pyridine rings is 1. The van der Waals surface area contributed by atoms with Crippen LogP contribution in [0.3, 0.4) is 0 Å². The molecule has 2 aromatic rings. The smallest absolute Gasteiger partial charge is 0.255 e. The van der Waals surface area contributed by atoms with E-state index in [1.165, 1.54) is 18.0 Å². The molecule has 104 valence electrons. The van der Waals surface area contributed by atoms with Crippen LogP contribution in [-0.2, 0) is 6.54 Å². The number of hydrogen-bond donors (Lipinski definition) is 1. The maximum Gasteiger partial charge on any atom is 0.255 e. The minimum Gasteiger partial charge on any atom is -0.345 e. The highest BCUT2D eigenvalue weighted by molar-refractivity contribution is 5.94. The number of fused-ring (bicyclic) bond motifs is 1. The molecule has 1 unspecified atom stereocenters. The van der Waals surface area contributed by atoms with Crippen molar-refractivity contribution >= 4 is 5.91 Å². The van der Waals surface area contributed by atoms with E-state index in [4.69, 9.17) is 0 Å². The van der Waals surface area contributed by atoms with Crippen LogP contribution in [0.25, 0.3) is 0 Å². The van der Waals surface area contributed by atoms with Gasteiger partial charge in [0.1, 0.15) is 0 Å². The molecular weight excluding hydrogens is 254 g/mol. The average Bonchev–Trinajstić information content (AvgIpc) is 2.82. The molecule has 1 atom stereocenters. The first-order valence-corrected chi connectivity index (χ1v) is 6.73. The number of nitrogens with zero attached hydrogens (tertiary/aromatic N) is 2. The second-order valence-corrected chi connectivity index (χ2v) is 5.17. The summed E-state index contributed by atoms with van der Waals surface area (Å²) in [5.41, 5.74) is 2.71. The number of carbonyl (C=O) groups is 1. The summed E-state index contributed by atoms with van der Waals surface area (Å²) in [5, 5.41) is 0. The van der Waals surface area contributed by atoms with Gasteiger partial charge in [-0.3, -0.25) is 9.59 Å². The maximum atomic E-state index is 12.5. The summed E-state index contributed by atoms with van der Waals surface area (Å²) < 4.78 is 2.25. The van der Waals surface area contributed by atoms with E-state index in [1.54, 1.807) is 6.07 Å². The third-order valence-corrected chi connectivity index (χ3v) is 3.98. The Labute approximate surface area is 116 Å². The van der Waals surface area contributed by atoms with Crippen molar-refractivity contribution < 1.29 is 4.79 Å². The highest BCUT2D eigenvalue weighted by atomic mass is 16.2. The standard InChI is InChI=1S/C15H17N3O2/c1-10-3-5-13-11(2)18(8-7-17(10)13)15(20)12-4-6-14(19)16-9-12/h3-6,9,11H,7-8H2,1-2H3,(H,16,19). The van der Waals surface area contributed by atoms with Gasteiger partial charge >= 0.3 is 0 Å². The third-order valence-electron chi connectivity index (χ3n) is 3.98. The van der Waals surface area contributed by atoms with Crippen LogP contribution in [0.5, 0.6) is 0 Å². The quantitative estimate of drug-likeness (QED) is 0.858. The van der Waals surface area contributed by atoms with Crippen LogP contribution < -0.4 is 5.56 Å². The number of aryl methyl sites for hydroxylation is 1. The van der Waals surface area contributed by atoms with Crippen LogP contribution >= 0.6 is 0 Å². The summed E-state index contributed by atoms with van der Waals surface area (Å²) in [5.74, 6) is -0.0427. The van der Waals surface area contributed by atoms with Gasteiger partial charge in [-0.25, -0.2) is 0 Å². The lowest BCUT2D eigenvalue weighted by molar-refractivity contribution is 0.0642. The van der Waals surface area contributed by atoms with Crippen LogP contribution in [0.15, 0.2) is 35.3 Å². The molecule has 5 heteroatoms. The van der Waals surface area contributed by atoms with Gasteiger partial charge in [0.25, 0.3) is 5.91 Å². The van der Waals surface area contributed by atoms with Gasteiger partial charge in [0.05, 0.1) is 11.6 Å². The monoisotopic (exact) mass is 271 g/mol. The minimum absolute atomic E-state index is 0.0388. The lowest BCUT2D eigenvalue weighted by Gasteiger charge is -2.35. The van der Waals surface area contributed by atoms with Gasteiger partial charge in [-0.1, -0.05) is 0 Å². The first kappa shape index (κ1) is 12.7. The average molecular weight is 271 g/mol. The van der Waals surface area contributed by atoms with Gasteiger partial charge in [-0.15, -0.1) is 0 Å². The largest absolute Gasteiger partial charge is 0.345 e. The van der Waals surface area contributed by atoms with E-state index >= 15 is 0 Å². The molecule has 0 saturated carbocycles. The summed E-state index contributed by atoms with van der Waals surface area (Å²) in [7, 11) is 0. The second kappa shape index (κ2) is 4.67. The Morgan fingerprint density at radius 3 is 2.75 bits per heavy atom. The van der Waals surface area contributed by atoms with E-state index < -0.39 is 0 Å². The summed E-state index contributed by atoms with van der Waals surface area (Å²) in [6.07, 6.45) is 1.48. The molecule has 0 fully saturated rings. The number of aromatic amines is 1. The Balaban J connectivity index is 1.90. The number of hydrogen-bond acceptors (Lipinski definition) is 2. The van der Waals surface area contributed by atoms with E-state index in [1.807, 2.05) is 11.8 Å². The number of aromatic nitrogens is 2. The molecule has 20 heavy (non-hydrogen) atoms. The molecule has 3 heterocycles. The van der Waals surface area contributed by atoms with Gasteiger partial charge < -0.3 is 14.5 Å². The van der Waals surface area contributed by atoms with Crippen molar-refractivity contribution in [2.75, 3.05) is 6.54 Å². The number of carbonyl (C=O) groups excluding carboxylic acids is 1. The van der Waals surface area contributed by atoms with Crippen molar-refractivity contribution in [1.82, 2.24) is 14.5 Å². The van der Waals surface area contributed by atoms with E-state index in [0.29, 0.717) is 12.1 Å². The van der Waals surface area contributed by atoms with Gasteiger partial charge in [0.15, 0.2) is 0 Å². The number of amides is 1. The Hall–Kier alpha value is -2.30. The Bertz CT molecular complexity index is 694. The van der Waals surface area contributed by atoms with Crippen LogP contribution in [0.2, 0.25) is 0 Å².